The number of rotatable bonds is 6. The quantitative estimate of drug-likeness (QED) is 0.562. The maximum absolute atomic E-state index is 12.2. The summed E-state index contributed by atoms with van der Waals surface area (Å²) in [6.45, 7) is 11.5. The van der Waals surface area contributed by atoms with Gasteiger partial charge in [0, 0.05) is 32.7 Å². The Morgan fingerprint density at radius 2 is 1.68 bits per heavy atom. The zero-order valence-electron chi connectivity index (χ0n) is 15.8. The third-order valence-electron chi connectivity index (χ3n) is 3.87. The Morgan fingerprint density at radius 3 is 2.12 bits per heavy atom. The Morgan fingerprint density at radius 1 is 1.12 bits per heavy atom. The van der Waals surface area contributed by atoms with Crippen molar-refractivity contribution in [3.63, 3.8) is 0 Å². The maximum atomic E-state index is 12.2. The van der Waals surface area contributed by atoms with Gasteiger partial charge in [0.1, 0.15) is 11.4 Å². The summed E-state index contributed by atoms with van der Waals surface area (Å²) in [5, 5.41) is -0.692. The number of nitrogens with zero attached hydrogens (tertiary/aromatic N) is 2. The van der Waals surface area contributed by atoms with Crippen LogP contribution in [0.15, 0.2) is 0 Å². The van der Waals surface area contributed by atoms with Gasteiger partial charge in [0.05, 0.1) is 17.8 Å². The van der Waals surface area contributed by atoms with E-state index in [1.54, 1.807) is 11.8 Å². The van der Waals surface area contributed by atoms with Crippen LogP contribution in [-0.2, 0) is 19.1 Å². The number of hydrogen-bond donors (Lipinski definition) is 1. The van der Waals surface area contributed by atoms with Crippen LogP contribution in [0.25, 0.3) is 0 Å². The molecule has 1 fully saturated rings. The van der Waals surface area contributed by atoms with E-state index < -0.39 is 22.7 Å². The van der Waals surface area contributed by atoms with Gasteiger partial charge in [-0.15, -0.1) is 0 Å². The van der Waals surface area contributed by atoms with E-state index in [4.69, 9.17) is 9.47 Å². The average Bonchev–Trinajstić information content (AvgIpc) is 2.51. The fraction of sp³-hybridized carbons (Fsp3) is 0.824. The lowest BCUT2D eigenvalue weighted by molar-refractivity contribution is -0.150. The van der Waals surface area contributed by atoms with Crippen LogP contribution in [0.3, 0.4) is 0 Å². The highest BCUT2D eigenvalue weighted by Crippen LogP contribution is 2.18. The first kappa shape index (κ1) is 21.8. The van der Waals surface area contributed by atoms with Crippen LogP contribution < -0.4 is 0 Å². The molecule has 0 aromatic rings. The van der Waals surface area contributed by atoms with Crippen LogP contribution in [-0.4, -0.2) is 77.8 Å². The molecular weight excluding hydrogens is 344 g/mol. The number of hydrogen-bond acceptors (Lipinski definition) is 7. The molecule has 2 unspecified atom stereocenters. The third kappa shape index (κ3) is 7.23. The van der Waals surface area contributed by atoms with Crippen molar-refractivity contribution in [1.82, 2.24) is 9.80 Å². The molecular formula is C17H30N2O5S. The summed E-state index contributed by atoms with van der Waals surface area (Å²) in [6, 6.07) is 0. The van der Waals surface area contributed by atoms with Crippen LogP contribution in [0, 0.1) is 5.92 Å². The molecule has 25 heavy (non-hydrogen) atoms. The van der Waals surface area contributed by atoms with Crippen molar-refractivity contribution >= 4 is 30.5 Å². The molecule has 1 amide bonds. The number of carbonyl (C=O) groups is 3. The number of ether oxygens (including phenoxy) is 2. The molecule has 1 aliphatic heterocycles. The van der Waals surface area contributed by atoms with Gasteiger partial charge < -0.3 is 14.4 Å². The lowest BCUT2D eigenvalue weighted by Crippen LogP contribution is -2.52. The van der Waals surface area contributed by atoms with Gasteiger partial charge >= 0.3 is 12.1 Å². The van der Waals surface area contributed by atoms with E-state index in [-0.39, 0.29) is 18.5 Å². The molecule has 1 rings (SSSR count). The van der Waals surface area contributed by atoms with E-state index in [2.05, 4.69) is 17.5 Å². The molecule has 0 aromatic carbocycles. The topological polar surface area (TPSA) is 76.2 Å². The molecule has 8 heteroatoms. The van der Waals surface area contributed by atoms with E-state index in [0.29, 0.717) is 32.7 Å². The summed E-state index contributed by atoms with van der Waals surface area (Å²) >= 11 is 4.29. The van der Waals surface area contributed by atoms with Gasteiger partial charge in [-0.25, -0.2) is 4.79 Å². The zero-order valence-corrected chi connectivity index (χ0v) is 16.7. The van der Waals surface area contributed by atoms with Gasteiger partial charge in [-0.1, -0.05) is 0 Å². The van der Waals surface area contributed by atoms with Crippen LogP contribution in [0.5, 0.6) is 0 Å². The number of ketones is 1. The minimum atomic E-state index is -0.692. The van der Waals surface area contributed by atoms with E-state index >= 15 is 0 Å². The smallest absolute Gasteiger partial charge is 0.410 e. The fourth-order valence-corrected chi connectivity index (χ4v) is 2.77. The van der Waals surface area contributed by atoms with E-state index in [9.17, 15) is 14.4 Å². The second-order valence-electron chi connectivity index (χ2n) is 7.18. The Labute approximate surface area is 155 Å². The first-order valence-corrected chi connectivity index (χ1v) is 9.12. The molecule has 0 bridgehead atoms. The van der Waals surface area contributed by atoms with E-state index in [0.717, 1.165) is 0 Å². The van der Waals surface area contributed by atoms with Crippen LogP contribution in [0.2, 0.25) is 0 Å². The summed E-state index contributed by atoms with van der Waals surface area (Å²) in [5.74, 6) is -1.19. The first-order chi connectivity index (χ1) is 11.5. The van der Waals surface area contributed by atoms with Gasteiger partial charge in [0.25, 0.3) is 0 Å². The van der Waals surface area contributed by atoms with Gasteiger partial charge in [0.2, 0.25) is 0 Å². The van der Waals surface area contributed by atoms with Crippen molar-refractivity contribution in [2.75, 3.05) is 39.3 Å². The molecule has 0 spiro atoms. The Kier molecular flexibility index (Phi) is 8.21. The normalized spacial score (nSPS) is 18.4. The molecule has 0 N–H and O–H groups in total. The predicted octanol–water partition coefficient (Wildman–Crippen LogP) is 1.61. The average molecular weight is 375 g/mol. The standard InChI is InChI=1S/C17H30N2O5S/c1-6-23-15(21)13(14(25)12(2)20)11-18-7-9-19(10-8-18)16(22)24-17(3,4)5/h13-14,25H,6-11H2,1-5H3. The molecule has 1 heterocycles. The largest absolute Gasteiger partial charge is 0.466 e. The number of Topliss-reactive ketones (excluding diaryl/α,β-unsaturated/α-hetero) is 1. The SMILES string of the molecule is CCOC(=O)C(CN1CCN(C(=O)OC(C)(C)C)CC1)C(S)C(C)=O. The number of piperazine rings is 1. The maximum Gasteiger partial charge on any atom is 0.410 e. The van der Waals surface area contributed by atoms with Crippen molar-refractivity contribution in [2.24, 2.45) is 5.92 Å². The lowest BCUT2D eigenvalue weighted by Gasteiger charge is -2.37. The Balaban J connectivity index is 2.61. The molecule has 1 aliphatic rings. The number of thiol groups is 1. The summed E-state index contributed by atoms with van der Waals surface area (Å²) < 4.78 is 10.5. The highest BCUT2D eigenvalue weighted by molar-refractivity contribution is 7.81. The van der Waals surface area contributed by atoms with Crippen LogP contribution >= 0.6 is 12.6 Å². The molecule has 0 saturated carbocycles. The Bertz CT molecular complexity index is 484. The summed E-state index contributed by atoms with van der Waals surface area (Å²) in [7, 11) is 0. The van der Waals surface area contributed by atoms with E-state index in [1.165, 1.54) is 6.92 Å². The Hall–Kier alpha value is -1.28. The van der Waals surface area contributed by atoms with Gasteiger partial charge in [-0.3, -0.25) is 14.5 Å². The van der Waals surface area contributed by atoms with Crippen LogP contribution in [0.1, 0.15) is 34.6 Å². The summed E-state index contributed by atoms with van der Waals surface area (Å²) in [5.41, 5.74) is -0.524. The molecule has 0 aromatic heterocycles. The molecule has 2 atom stereocenters. The minimum absolute atomic E-state index is 0.159. The van der Waals surface area contributed by atoms with Gasteiger partial charge in [0.15, 0.2) is 0 Å². The van der Waals surface area contributed by atoms with Crippen molar-refractivity contribution in [2.45, 2.75) is 45.5 Å². The van der Waals surface area contributed by atoms with Crippen molar-refractivity contribution in [3.8, 4) is 0 Å². The number of carbonyl (C=O) groups excluding carboxylic acids is 3. The number of amides is 1. The van der Waals surface area contributed by atoms with Crippen molar-refractivity contribution < 1.29 is 23.9 Å². The summed E-state index contributed by atoms with van der Waals surface area (Å²) in [4.78, 5) is 39.6. The molecule has 144 valence electrons. The van der Waals surface area contributed by atoms with E-state index in [1.807, 2.05) is 20.8 Å². The molecule has 0 radical (unpaired) electrons. The minimum Gasteiger partial charge on any atom is -0.466 e. The number of esters is 1. The molecule has 0 aliphatic carbocycles. The second-order valence-corrected chi connectivity index (χ2v) is 7.74. The summed E-state index contributed by atoms with van der Waals surface area (Å²) in [6.07, 6.45) is -0.329. The zero-order chi connectivity index (χ0) is 19.2. The van der Waals surface area contributed by atoms with Crippen molar-refractivity contribution in [1.29, 1.82) is 0 Å². The van der Waals surface area contributed by atoms with Crippen molar-refractivity contribution in [3.05, 3.63) is 0 Å². The molecule has 7 nitrogen and oxygen atoms in total. The lowest BCUT2D eigenvalue weighted by atomic mass is 10.0. The fourth-order valence-electron chi connectivity index (χ4n) is 2.55. The first-order valence-electron chi connectivity index (χ1n) is 8.60. The molecule has 1 saturated heterocycles. The highest BCUT2D eigenvalue weighted by atomic mass is 32.1. The van der Waals surface area contributed by atoms with Crippen LogP contribution in [0.4, 0.5) is 4.79 Å². The predicted molar refractivity (Wildman–Crippen MR) is 97.8 cm³/mol. The highest BCUT2D eigenvalue weighted by Gasteiger charge is 2.34. The van der Waals surface area contributed by atoms with Gasteiger partial charge in [-0.05, 0) is 34.6 Å². The van der Waals surface area contributed by atoms with Gasteiger partial charge in [-0.2, -0.15) is 12.6 Å². The second kappa shape index (κ2) is 9.43. The monoisotopic (exact) mass is 374 g/mol. The third-order valence-corrected chi connectivity index (χ3v) is 4.59.